The van der Waals surface area contributed by atoms with Crippen LogP contribution >= 0.6 is 31.9 Å². The van der Waals surface area contributed by atoms with Crippen LogP contribution in [0.25, 0.3) is 5.76 Å². The van der Waals surface area contributed by atoms with Gasteiger partial charge in [0.15, 0.2) is 0 Å². The molecule has 7 heteroatoms. The Morgan fingerprint density at radius 1 is 1.10 bits per heavy atom. The highest BCUT2D eigenvalue weighted by molar-refractivity contribution is 9.10. The number of aliphatic hydroxyl groups is 1. The number of hydrogen-bond acceptors (Lipinski definition) is 4. The van der Waals surface area contributed by atoms with Gasteiger partial charge in [0.05, 0.1) is 17.7 Å². The normalized spacial score (nSPS) is 23.7. The van der Waals surface area contributed by atoms with Crippen molar-refractivity contribution in [1.82, 2.24) is 4.90 Å². The van der Waals surface area contributed by atoms with Gasteiger partial charge in [-0.2, -0.15) is 0 Å². The zero-order valence-electron chi connectivity index (χ0n) is 15.5. The topological polar surface area (TPSA) is 66.8 Å². The largest absolute Gasteiger partial charge is 0.507 e. The third-order valence-electron chi connectivity index (χ3n) is 5.25. The minimum atomic E-state index is -0.673. The zero-order valence-corrected chi connectivity index (χ0v) is 18.6. The van der Waals surface area contributed by atoms with Crippen molar-refractivity contribution in [1.29, 1.82) is 0 Å². The Balaban J connectivity index is 1.83. The third-order valence-corrected chi connectivity index (χ3v) is 6.27. The van der Waals surface area contributed by atoms with Crippen LogP contribution in [0.5, 0.6) is 0 Å². The molecular weight excluding hydrogens is 502 g/mol. The highest BCUT2D eigenvalue weighted by Gasteiger charge is 2.47. The molecule has 2 unspecified atom stereocenters. The number of rotatable bonds is 4. The summed E-state index contributed by atoms with van der Waals surface area (Å²) in [7, 11) is 0. The molecule has 150 valence electrons. The molecule has 0 bridgehead atoms. The van der Waals surface area contributed by atoms with Crippen LogP contribution in [0.4, 0.5) is 0 Å². The molecule has 29 heavy (non-hydrogen) atoms. The number of likely N-dealkylation sites (tertiary alicyclic amines) is 1. The molecule has 0 aromatic heterocycles. The monoisotopic (exact) mass is 519 g/mol. The highest BCUT2D eigenvalue weighted by atomic mass is 79.9. The fourth-order valence-electron chi connectivity index (χ4n) is 3.86. The number of aliphatic hydroxyl groups excluding tert-OH is 1. The van der Waals surface area contributed by atoms with E-state index in [-0.39, 0.29) is 17.4 Å². The second-order valence-corrected chi connectivity index (χ2v) is 8.98. The summed E-state index contributed by atoms with van der Waals surface area (Å²) in [6.45, 7) is 0.980. The molecular formula is C22H19Br2NO4. The minimum absolute atomic E-state index is 0.101. The number of benzene rings is 2. The van der Waals surface area contributed by atoms with Crippen LogP contribution in [0.15, 0.2) is 63.0 Å². The molecule has 1 N–H and O–H groups in total. The Morgan fingerprint density at radius 2 is 1.86 bits per heavy atom. The van der Waals surface area contributed by atoms with Gasteiger partial charge in [0.25, 0.3) is 11.7 Å². The minimum Gasteiger partial charge on any atom is -0.507 e. The molecule has 2 heterocycles. The van der Waals surface area contributed by atoms with Crippen molar-refractivity contribution in [2.45, 2.75) is 25.0 Å². The fourth-order valence-corrected chi connectivity index (χ4v) is 4.54. The van der Waals surface area contributed by atoms with Crippen LogP contribution in [-0.2, 0) is 14.3 Å². The van der Waals surface area contributed by atoms with Crippen molar-refractivity contribution in [3.8, 4) is 0 Å². The number of ketones is 1. The molecule has 2 aliphatic heterocycles. The lowest BCUT2D eigenvalue weighted by molar-refractivity contribution is -0.140. The van der Waals surface area contributed by atoms with Gasteiger partial charge in [-0.25, -0.2) is 0 Å². The number of nitrogens with zero attached hydrogens (tertiary/aromatic N) is 1. The Kier molecular flexibility index (Phi) is 5.90. The van der Waals surface area contributed by atoms with E-state index in [2.05, 4.69) is 31.9 Å². The van der Waals surface area contributed by atoms with E-state index in [0.29, 0.717) is 18.7 Å². The van der Waals surface area contributed by atoms with Crippen LogP contribution in [0.1, 0.15) is 30.0 Å². The van der Waals surface area contributed by atoms with Gasteiger partial charge in [-0.1, -0.05) is 56.1 Å². The maximum atomic E-state index is 13.0. The number of ether oxygens (including phenoxy) is 1. The Bertz CT molecular complexity index is 981. The third kappa shape index (κ3) is 4.04. The quantitative estimate of drug-likeness (QED) is 0.357. The second-order valence-electron chi connectivity index (χ2n) is 7.15. The standard InChI is InChI=1S/C22H19Br2NO4/c23-15-8-6-13(7-9-15)20(26)18-19(14-3-1-4-16(24)11-14)25(22(28)21(18)27)12-17-5-2-10-29-17/h1,3-4,6-9,11,17,19,26H,2,5,10,12H2/b20-18-. The van der Waals surface area contributed by atoms with Gasteiger partial charge < -0.3 is 14.7 Å². The van der Waals surface area contributed by atoms with Crippen LogP contribution < -0.4 is 0 Å². The molecule has 0 saturated carbocycles. The first-order valence-corrected chi connectivity index (χ1v) is 11.0. The summed E-state index contributed by atoms with van der Waals surface area (Å²) in [6, 6.07) is 13.8. The predicted molar refractivity (Wildman–Crippen MR) is 116 cm³/mol. The van der Waals surface area contributed by atoms with Crippen LogP contribution in [-0.4, -0.2) is 41.0 Å². The van der Waals surface area contributed by atoms with Gasteiger partial charge in [-0.05, 0) is 42.7 Å². The fraction of sp³-hybridized carbons (Fsp3) is 0.273. The van der Waals surface area contributed by atoms with Crippen LogP contribution in [0.2, 0.25) is 0 Å². The Labute approximate surface area is 185 Å². The van der Waals surface area contributed by atoms with E-state index in [1.165, 1.54) is 4.90 Å². The van der Waals surface area contributed by atoms with E-state index < -0.39 is 17.7 Å². The summed E-state index contributed by atoms with van der Waals surface area (Å²) in [5, 5.41) is 11.0. The predicted octanol–water partition coefficient (Wildman–Crippen LogP) is 4.81. The summed E-state index contributed by atoms with van der Waals surface area (Å²) in [5.74, 6) is -1.45. The van der Waals surface area contributed by atoms with Crippen molar-refractivity contribution >= 4 is 49.3 Å². The molecule has 2 fully saturated rings. The summed E-state index contributed by atoms with van der Waals surface area (Å²) in [5.41, 5.74) is 1.35. The maximum absolute atomic E-state index is 13.0. The van der Waals surface area contributed by atoms with Crippen LogP contribution in [0.3, 0.4) is 0 Å². The molecule has 2 aromatic rings. The number of hydrogen-bond donors (Lipinski definition) is 1. The van der Waals surface area contributed by atoms with Gasteiger partial charge in [-0.3, -0.25) is 9.59 Å². The molecule has 2 atom stereocenters. The van der Waals surface area contributed by atoms with Crippen molar-refractivity contribution < 1.29 is 19.4 Å². The van der Waals surface area contributed by atoms with E-state index in [4.69, 9.17) is 4.74 Å². The molecule has 2 aliphatic rings. The van der Waals surface area contributed by atoms with Crippen molar-refractivity contribution in [2.75, 3.05) is 13.2 Å². The molecule has 0 radical (unpaired) electrons. The lowest BCUT2D eigenvalue weighted by Crippen LogP contribution is -2.36. The van der Waals surface area contributed by atoms with Crippen molar-refractivity contribution in [3.63, 3.8) is 0 Å². The first-order valence-electron chi connectivity index (χ1n) is 9.37. The molecule has 4 rings (SSSR count). The van der Waals surface area contributed by atoms with Crippen molar-refractivity contribution in [2.24, 2.45) is 0 Å². The smallest absolute Gasteiger partial charge is 0.295 e. The number of halogens is 2. The number of Topliss-reactive ketones (excluding diaryl/α,β-unsaturated/α-hetero) is 1. The van der Waals surface area contributed by atoms with E-state index in [1.807, 2.05) is 24.3 Å². The zero-order chi connectivity index (χ0) is 20.5. The molecule has 2 saturated heterocycles. The van der Waals surface area contributed by atoms with Gasteiger partial charge in [0.2, 0.25) is 0 Å². The summed E-state index contributed by atoms with van der Waals surface area (Å²) >= 11 is 6.83. The van der Waals surface area contributed by atoms with Crippen LogP contribution in [0, 0.1) is 0 Å². The van der Waals surface area contributed by atoms with Gasteiger partial charge >= 0.3 is 0 Å². The summed E-state index contributed by atoms with van der Waals surface area (Å²) in [6.07, 6.45) is 1.69. The summed E-state index contributed by atoms with van der Waals surface area (Å²) < 4.78 is 7.39. The van der Waals surface area contributed by atoms with E-state index in [0.717, 1.165) is 27.4 Å². The van der Waals surface area contributed by atoms with Gasteiger partial charge in [0.1, 0.15) is 5.76 Å². The first-order chi connectivity index (χ1) is 14.0. The SMILES string of the molecule is O=C1C(=O)N(CC2CCCO2)C(c2cccc(Br)c2)/C1=C(/O)c1ccc(Br)cc1. The molecule has 0 aliphatic carbocycles. The molecule has 2 aromatic carbocycles. The first kappa shape index (κ1) is 20.3. The van der Waals surface area contributed by atoms with E-state index in [1.54, 1.807) is 24.3 Å². The highest BCUT2D eigenvalue weighted by Crippen LogP contribution is 2.40. The maximum Gasteiger partial charge on any atom is 0.295 e. The van der Waals surface area contributed by atoms with Crippen molar-refractivity contribution in [3.05, 3.63) is 74.2 Å². The molecule has 0 spiro atoms. The number of carbonyl (C=O) groups excluding carboxylic acids is 2. The lowest BCUT2D eigenvalue weighted by atomic mass is 9.95. The average Bonchev–Trinajstić information content (AvgIpc) is 3.30. The molecule has 5 nitrogen and oxygen atoms in total. The van der Waals surface area contributed by atoms with Gasteiger partial charge in [0, 0.05) is 27.7 Å². The Hall–Kier alpha value is -1.96. The number of carbonyl (C=O) groups is 2. The lowest BCUT2D eigenvalue weighted by Gasteiger charge is -2.27. The second kappa shape index (κ2) is 8.42. The Morgan fingerprint density at radius 3 is 2.52 bits per heavy atom. The number of amides is 1. The van der Waals surface area contributed by atoms with E-state index >= 15 is 0 Å². The molecule has 1 amide bonds. The average molecular weight is 521 g/mol. The summed E-state index contributed by atoms with van der Waals surface area (Å²) in [4.78, 5) is 27.4. The van der Waals surface area contributed by atoms with Gasteiger partial charge in [-0.15, -0.1) is 0 Å². The van der Waals surface area contributed by atoms with E-state index in [9.17, 15) is 14.7 Å².